The van der Waals surface area contributed by atoms with Crippen molar-refractivity contribution < 1.29 is 0 Å². The largest absolute Gasteiger partial charge is 0.354 e. The molecule has 1 saturated heterocycles. The van der Waals surface area contributed by atoms with E-state index in [-0.39, 0.29) is 6.04 Å². The van der Waals surface area contributed by atoms with Crippen LogP contribution in [-0.2, 0) is 0 Å². The first-order valence-corrected chi connectivity index (χ1v) is 9.97. The molecule has 1 N–H and O–H groups in total. The van der Waals surface area contributed by atoms with Crippen LogP contribution in [0.2, 0.25) is 0 Å². The maximum atomic E-state index is 5.37. The normalized spacial score (nSPS) is 20.9. The molecule has 0 spiro atoms. The second-order valence-corrected chi connectivity index (χ2v) is 7.56. The minimum absolute atomic E-state index is 0.151. The molecule has 28 heavy (non-hydrogen) atoms. The lowest BCUT2D eigenvalue weighted by Gasteiger charge is -2.29. The number of nitrogens with zero attached hydrogens (tertiary/aromatic N) is 5. The second kappa shape index (κ2) is 8.58. The summed E-state index contributed by atoms with van der Waals surface area (Å²) in [6, 6.07) is 18.6. The molecular formula is C21H24N6S. The highest BCUT2D eigenvalue weighted by Gasteiger charge is 2.21. The van der Waals surface area contributed by atoms with Crippen LogP contribution in [0.3, 0.4) is 0 Å². The molecule has 0 aliphatic carbocycles. The van der Waals surface area contributed by atoms with E-state index in [0.717, 1.165) is 49.6 Å². The summed E-state index contributed by atoms with van der Waals surface area (Å²) in [5.74, 6) is 0. The number of likely N-dealkylation sites (N-methyl/N-ethyl adjacent to an activating group) is 1. The van der Waals surface area contributed by atoms with Gasteiger partial charge in [0.15, 0.2) is 5.11 Å². The molecule has 2 aliphatic heterocycles. The third-order valence-electron chi connectivity index (χ3n) is 5.10. The standard InChI is InChI=1S/C21H24N6S/c1-26-11-13-27(14-12-26)25-24-18-9-7-17(8-10-18)20-15-19(22-21(28)23-20)16-5-3-2-4-6-16/h2-10,19H,11-15H2,1H3,(H,22,28). The minimum Gasteiger partial charge on any atom is -0.354 e. The van der Waals surface area contributed by atoms with Crippen LogP contribution in [0.15, 0.2) is 69.9 Å². The number of hydrogen-bond donors (Lipinski definition) is 1. The van der Waals surface area contributed by atoms with Crippen LogP contribution in [0.25, 0.3) is 0 Å². The van der Waals surface area contributed by atoms with Gasteiger partial charge in [0.2, 0.25) is 0 Å². The van der Waals surface area contributed by atoms with Gasteiger partial charge in [0, 0.05) is 19.5 Å². The number of hydrogen-bond acceptors (Lipinski definition) is 4. The quantitative estimate of drug-likeness (QED) is 0.636. The Morgan fingerprint density at radius 1 is 1.00 bits per heavy atom. The Balaban J connectivity index is 1.44. The molecule has 0 saturated carbocycles. The fourth-order valence-electron chi connectivity index (χ4n) is 3.38. The monoisotopic (exact) mass is 392 g/mol. The van der Waals surface area contributed by atoms with Crippen LogP contribution in [0.5, 0.6) is 0 Å². The fraction of sp³-hybridized carbons (Fsp3) is 0.333. The van der Waals surface area contributed by atoms with Crippen molar-refractivity contribution in [1.82, 2.24) is 15.2 Å². The van der Waals surface area contributed by atoms with Crippen LogP contribution in [-0.4, -0.2) is 54.0 Å². The molecule has 7 heteroatoms. The smallest absolute Gasteiger partial charge is 0.193 e. The molecule has 144 valence electrons. The lowest BCUT2D eigenvalue weighted by atomic mass is 9.96. The van der Waals surface area contributed by atoms with E-state index in [2.05, 4.69) is 44.7 Å². The molecule has 1 atom stereocenters. The molecule has 6 nitrogen and oxygen atoms in total. The molecular weight excluding hydrogens is 368 g/mol. The van der Waals surface area contributed by atoms with Gasteiger partial charge in [-0.2, -0.15) is 0 Å². The maximum Gasteiger partial charge on any atom is 0.193 e. The summed E-state index contributed by atoms with van der Waals surface area (Å²) >= 11 is 5.37. The maximum absolute atomic E-state index is 5.37. The molecule has 0 amide bonds. The minimum atomic E-state index is 0.151. The van der Waals surface area contributed by atoms with Crippen molar-refractivity contribution in [3.8, 4) is 0 Å². The van der Waals surface area contributed by atoms with Crippen molar-refractivity contribution in [1.29, 1.82) is 0 Å². The van der Waals surface area contributed by atoms with Gasteiger partial charge < -0.3 is 10.2 Å². The number of piperazine rings is 1. The van der Waals surface area contributed by atoms with E-state index in [1.54, 1.807) is 0 Å². The molecule has 2 aromatic rings. The molecule has 0 radical (unpaired) electrons. The molecule has 4 rings (SSSR count). The Kier molecular flexibility index (Phi) is 5.73. The predicted molar refractivity (Wildman–Crippen MR) is 116 cm³/mol. The van der Waals surface area contributed by atoms with Gasteiger partial charge in [0.05, 0.1) is 30.5 Å². The van der Waals surface area contributed by atoms with Gasteiger partial charge in [-0.25, -0.2) is 4.99 Å². The van der Waals surface area contributed by atoms with E-state index in [9.17, 15) is 0 Å². The van der Waals surface area contributed by atoms with Gasteiger partial charge in [0.1, 0.15) is 0 Å². The van der Waals surface area contributed by atoms with Crippen LogP contribution >= 0.6 is 12.2 Å². The van der Waals surface area contributed by atoms with E-state index in [0.29, 0.717) is 5.11 Å². The van der Waals surface area contributed by atoms with Crippen molar-refractivity contribution in [3.05, 3.63) is 65.7 Å². The third-order valence-corrected chi connectivity index (χ3v) is 5.31. The Morgan fingerprint density at radius 3 is 2.43 bits per heavy atom. The topological polar surface area (TPSA) is 55.6 Å². The van der Waals surface area contributed by atoms with Crippen LogP contribution < -0.4 is 5.32 Å². The van der Waals surface area contributed by atoms with Crippen molar-refractivity contribution in [2.45, 2.75) is 12.5 Å². The van der Waals surface area contributed by atoms with Crippen molar-refractivity contribution >= 4 is 28.7 Å². The van der Waals surface area contributed by atoms with E-state index < -0.39 is 0 Å². The van der Waals surface area contributed by atoms with Crippen molar-refractivity contribution in [2.24, 2.45) is 15.3 Å². The Bertz CT molecular complexity index is 870. The van der Waals surface area contributed by atoms with Gasteiger partial charge in [0.25, 0.3) is 0 Å². The van der Waals surface area contributed by atoms with Crippen molar-refractivity contribution in [2.75, 3.05) is 33.2 Å². The Labute approximate surface area is 171 Å². The fourth-order valence-corrected chi connectivity index (χ4v) is 3.64. The predicted octanol–water partition coefficient (Wildman–Crippen LogP) is 3.74. The first-order valence-electron chi connectivity index (χ1n) is 9.56. The lowest BCUT2D eigenvalue weighted by molar-refractivity contribution is 0.150. The average molecular weight is 393 g/mol. The number of aliphatic imine (C=N–C) groups is 1. The number of benzene rings is 2. The van der Waals surface area contributed by atoms with E-state index >= 15 is 0 Å². The summed E-state index contributed by atoms with van der Waals surface area (Å²) in [4.78, 5) is 6.85. The summed E-state index contributed by atoms with van der Waals surface area (Å²) in [6.07, 6.45) is 0.798. The summed E-state index contributed by atoms with van der Waals surface area (Å²) in [7, 11) is 2.13. The van der Waals surface area contributed by atoms with Gasteiger partial charge in [-0.3, -0.25) is 5.01 Å². The summed E-state index contributed by atoms with van der Waals surface area (Å²) in [5, 5.41) is 14.6. The van der Waals surface area contributed by atoms with Crippen LogP contribution in [0.4, 0.5) is 5.69 Å². The lowest BCUT2D eigenvalue weighted by Crippen LogP contribution is -2.41. The van der Waals surface area contributed by atoms with Gasteiger partial charge in [-0.15, -0.1) is 5.11 Å². The Hall–Kier alpha value is -2.64. The molecule has 2 aliphatic rings. The SMILES string of the molecule is CN1CCN(N=Nc2ccc(C3=NC(=S)NC(c4ccccc4)C3)cc2)CC1. The summed E-state index contributed by atoms with van der Waals surface area (Å²) < 4.78 is 0. The van der Waals surface area contributed by atoms with E-state index in [1.165, 1.54) is 5.56 Å². The Morgan fingerprint density at radius 2 is 1.71 bits per heavy atom. The highest BCUT2D eigenvalue weighted by Crippen LogP contribution is 2.24. The zero-order valence-electron chi connectivity index (χ0n) is 16.0. The van der Waals surface area contributed by atoms with Gasteiger partial charge in [-0.1, -0.05) is 47.7 Å². The average Bonchev–Trinajstić information content (AvgIpc) is 2.74. The van der Waals surface area contributed by atoms with E-state index in [1.807, 2.05) is 47.5 Å². The number of thiocarbonyl (C=S) groups is 1. The highest BCUT2D eigenvalue weighted by atomic mass is 32.1. The zero-order chi connectivity index (χ0) is 19.3. The number of nitrogens with one attached hydrogen (secondary N) is 1. The summed E-state index contributed by atoms with van der Waals surface area (Å²) in [6.45, 7) is 3.88. The van der Waals surface area contributed by atoms with Crippen molar-refractivity contribution in [3.63, 3.8) is 0 Å². The molecule has 1 unspecified atom stereocenters. The first-order chi connectivity index (χ1) is 13.7. The molecule has 2 aromatic carbocycles. The number of rotatable bonds is 4. The molecule has 0 aromatic heterocycles. The molecule has 0 bridgehead atoms. The van der Waals surface area contributed by atoms with Gasteiger partial charge in [-0.05, 0) is 42.5 Å². The van der Waals surface area contributed by atoms with E-state index in [4.69, 9.17) is 12.2 Å². The second-order valence-electron chi connectivity index (χ2n) is 7.17. The molecule has 2 heterocycles. The van der Waals surface area contributed by atoms with Gasteiger partial charge >= 0.3 is 0 Å². The highest BCUT2D eigenvalue weighted by molar-refractivity contribution is 7.80. The van der Waals surface area contributed by atoms with Crippen LogP contribution in [0.1, 0.15) is 23.6 Å². The zero-order valence-corrected chi connectivity index (χ0v) is 16.8. The summed E-state index contributed by atoms with van der Waals surface area (Å²) in [5.41, 5.74) is 4.14. The first kappa shape index (κ1) is 18.7. The third kappa shape index (κ3) is 4.61. The molecule has 1 fully saturated rings. The van der Waals surface area contributed by atoms with Crippen LogP contribution in [0, 0.1) is 0 Å².